The van der Waals surface area contributed by atoms with Gasteiger partial charge in [0, 0.05) is 13.0 Å². The predicted octanol–water partition coefficient (Wildman–Crippen LogP) is 1.60. The molecule has 0 unspecified atom stereocenters. The van der Waals surface area contributed by atoms with Crippen molar-refractivity contribution in [3.63, 3.8) is 0 Å². The second-order valence-electron chi connectivity index (χ2n) is 3.17. The summed E-state index contributed by atoms with van der Waals surface area (Å²) < 4.78 is 13.5. The van der Waals surface area contributed by atoms with Crippen LogP contribution in [-0.2, 0) is 4.79 Å². The van der Waals surface area contributed by atoms with Crippen LogP contribution in [0.25, 0.3) is 0 Å². The molecule has 1 rings (SSSR count). The van der Waals surface area contributed by atoms with E-state index < -0.39 is 5.82 Å². The summed E-state index contributed by atoms with van der Waals surface area (Å²) in [6.45, 7) is 1.27. The Bertz CT molecular complexity index is 566. The molecule has 0 spiro atoms. The molecule has 2 N–H and O–H groups in total. The molecular formula is C11H8FN5O. The molecule has 1 aromatic rings. The molecule has 0 heterocycles. The molecule has 0 saturated heterocycles. The number of nitrogens with zero attached hydrogens (tertiary/aromatic N) is 3. The summed E-state index contributed by atoms with van der Waals surface area (Å²) >= 11 is 0. The molecule has 18 heavy (non-hydrogen) atoms. The largest absolute Gasteiger partial charge is 0.324 e. The van der Waals surface area contributed by atoms with Gasteiger partial charge >= 0.3 is 0 Å². The number of halogens is 1. The van der Waals surface area contributed by atoms with E-state index in [1.807, 2.05) is 0 Å². The van der Waals surface area contributed by atoms with Gasteiger partial charge in [-0.2, -0.15) is 15.6 Å². The number of rotatable bonds is 3. The molecule has 0 aromatic heterocycles. The summed E-state index contributed by atoms with van der Waals surface area (Å²) in [7, 11) is 0. The molecule has 0 bridgehead atoms. The molecule has 0 aliphatic carbocycles. The Morgan fingerprint density at radius 2 is 2.06 bits per heavy atom. The van der Waals surface area contributed by atoms with Crippen molar-refractivity contribution in [3.05, 3.63) is 24.0 Å². The molecule has 0 fully saturated rings. The fourth-order valence-electron chi connectivity index (χ4n) is 1.07. The molecule has 0 aliphatic heterocycles. The number of hydrogen-bond acceptors (Lipinski definition) is 5. The zero-order valence-electron chi connectivity index (χ0n) is 9.36. The maximum absolute atomic E-state index is 13.5. The van der Waals surface area contributed by atoms with Gasteiger partial charge in [0.05, 0.1) is 11.4 Å². The highest BCUT2D eigenvalue weighted by molar-refractivity contribution is 6.10. The number of benzene rings is 1. The van der Waals surface area contributed by atoms with E-state index in [2.05, 4.69) is 15.8 Å². The van der Waals surface area contributed by atoms with Crippen LogP contribution in [0, 0.1) is 28.5 Å². The topological polar surface area (TPSA) is 101 Å². The number of hydrazone groups is 1. The lowest BCUT2D eigenvalue weighted by atomic mass is 10.2. The van der Waals surface area contributed by atoms with Gasteiger partial charge in [-0.25, -0.2) is 4.39 Å². The molecule has 1 aromatic carbocycles. The standard InChI is InChI=1S/C11H8FN5O/c1-7(18)15-11-3-2-8(4-10(11)12)16-17-9(5-13)6-14/h2-4,16H,1H3,(H,15,18). The van der Waals surface area contributed by atoms with Crippen LogP contribution in [0.1, 0.15) is 6.92 Å². The Kier molecular flexibility index (Phi) is 4.35. The average Bonchev–Trinajstić information content (AvgIpc) is 2.33. The van der Waals surface area contributed by atoms with Crippen molar-refractivity contribution in [3.8, 4) is 12.1 Å². The van der Waals surface area contributed by atoms with Crippen molar-refractivity contribution >= 4 is 23.0 Å². The molecule has 7 heteroatoms. The maximum atomic E-state index is 13.5. The second kappa shape index (κ2) is 5.97. The number of amides is 1. The highest BCUT2D eigenvalue weighted by Gasteiger charge is 2.04. The van der Waals surface area contributed by atoms with Crippen LogP contribution >= 0.6 is 0 Å². The third-order valence-electron chi connectivity index (χ3n) is 1.79. The number of hydrogen-bond donors (Lipinski definition) is 2. The lowest BCUT2D eigenvalue weighted by molar-refractivity contribution is -0.114. The van der Waals surface area contributed by atoms with Crippen molar-refractivity contribution < 1.29 is 9.18 Å². The van der Waals surface area contributed by atoms with Crippen LogP contribution < -0.4 is 10.7 Å². The van der Waals surface area contributed by atoms with E-state index >= 15 is 0 Å². The van der Waals surface area contributed by atoms with Gasteiger partial charge in [0.25, 0.3) is 0 Å². The Morgan fingerprint density at radius 3 is 2.56 bits per heavy atom. The summed E-state index contributed by atoms with van der Waals surface area (Å²) in [5.74, 6) is -1.04. The van der Waals surface area contributed by atoms with E-state index in [9.17, 15) is 9.18 Å². The van der Waals surface area contributed by atoms with Crippen LogP contribution in [0.3, 0.4) is 0 Å². The van der Waals surface area contributed by atoms with Gasteiger partial charge in [0.1, 0.15) is 18.0 Å². The van der Waals surface area contributed by atoms with Gasteiger partial charge in [0.15, 0.2) is 0 Å². The van der Waals surface area contributed by atoms with Crippen LogP contribution in [0.4, 0.5) is 15.8 Å². The molecular weight excluding hydrogens is 237 g/mol. The minimum atomic E-state index is -0.652. The number of nitrogens with one attached hydrogen (secondary N) is 2. The zero-order chi connectivity index (χ0) is 13.5. The highest BCUT2D eigenvalue weighted by atomic mass is 19.1. The second-order valence-corrected chi connectivity index (χ2v) is 3.17. The molecule has 0 aliphatic rings. The minimum Gasteiger partial charge on any atom is -0.324 e. The van der Waals surface area contributed by atoms with Crippen molar-refractivity contribution in [2.75, 3.05) is 10.7 Å². The van der Waals surface area contributed by atoms with Crippen molar-refractivity contribution in [2.45, 2.75) is 6.92 Å². The maximum Gasteiger partial charge on any atom is 0.237 e. The van der Waals surface area contributed by atoms with Crippen LogP contribution in [0.15, 0.2) is 23.3 Å². The zero-order valence-corrected chi connectivity index (χ0v) is 9.36. The van der Waals surface area contributed by atoms with E-state index in [1.54, 1.807) is 12.1 Å². The first-order valence-corrected chi connectivity index (χ1v) is 4.78. The third-order valence-corrected chi connectivity index (χ3v) is 1.79. The van der Waals surface area contributed by atoms with E-state index in [1.165, 1.54) is 19.1 Å². The molecule has 0 atom stereocenters. The molecule has 6 nitrogen and oxygen atoms in total. The van der Waals surface area contributed by atoms with Gasteiger partial charge in [-0.15, -0.1) is 0 Å². The minimum absolute atomic E-state index is 0.0396. The summed E-state index contributed by atoms with van der Waals surface area (Å²) in [6, 6.07) is 6.97. The van der Waals surface area contributed by atoms with Gasteiger partial charge in [0.2, 0.25) is 11.6 Å². The van der Waals surface area contributed by atoms with Crippen LogP contribution in [-0.4, -0.2) is 11.6 Å². The molecule has 90 valence electrons. The Balaban J connectivity index is 2.86. The van der Waals surface area contributed by atoms with Crippen LogP contribution in [0.5, 0.6) is 0 Å². The summed E-state index contributed by atoms with van der Waals surface area (Å²) in [5.41, 5.74) is 2.28. The van der Waals surface area contributed by atoms with Crippen LogP contribution in [0.2, 0.25) is 0 Å². The Hall–Kier alpha value is -2.93. The van der Waals surface area contributed by atoms with Gasteiger partial charge in [-0.05, 0) is 12.1 Å². The lowest BCUT2D eigenvalue weighted by Gasteiger charge is -2.05. The van der Waals surface area contributed by atoms with Gasteiger partial charge in [-0.3, -0.25) is 10.2 Å². The number of anilines is 2. The predicted molar refractivity (Wildman–Crippen MR) is 63.0 cm³/mol. The SMILES string of the molecule is CC(=O)Nc1ccc(NN=C(C#N)C#N)cc1F. The average molecular weight is 245 g/mol. The van der Waals surface area contributed by atoms with Crippen molar-refractivity contribution in [1.82, 2.24) is 0 Å². The first-order valence-electron chi connectivity index (χ1n) is 4.78. The van der Waals surface area contributed by atoms with E-state index in [0.717, 1.165) is 6.07 Å². The summed E-state index contributed by atoms with van der Waals surface area (Å²) in [6.07, 6.45) is 0. The molecule has 0 saturated carbocycles. The van der Waals surface area contributed by atoms with Gasteiger partial charge < -0.3 is 5.32 Å². The molecule has 1 amide bonds. The van der Waals surface area contributed by atoms with E-state index in [-0.39, 0.29) is 23.0 Å². The smallest absolute Gasteiger partial charge is 0.237 e. The normalized spacial score (nSPS) is 8.67. The number of carbonyl (C=O) groups excluding carboxylic acids is 1. The third kappa shape index (κ3) is 3.58. The van der Waals surface area contributed by atoms with Gasteiger partial charge in [-0.1, -0.05) is 0 Å². The summed E-state index contributed by atoms with van der Waals surface area (Å²) in [4.78, 5) is 10.8. The first kappa shape index (κ1) is 13.1. The number of nitriles is 2. The molecule has 0 radical (unpaired) electrons. The highest BCUT2D eigenvalue weighted by Crippen LogP contribution is 2.18. The lowest BCUT2D eigenvalue weighted by Crippen LogP contribution is -2.07. The Morgan fingerprint density at radius 1 is 1.39 bits per heavy atom. The first-order chi connectivity index (χ1) is 8.56. The Labute approximate surface area is 102 Å². The fraction of sp³-hybridized carbons (Fsp3) is 0.0909. The summed E-state index contributed by atoms with van der Waals surface area (Å²) in [5, 5.41) is 22.6. The van der Waals surface area contributed by atoms with E-state index in [0.29, 0.717) is 0 Å². The van der Waals surface area contributed by atoms with E-state index in [4.69, 9.17) is 10.5 Å². The quantitative estimate of drug-likeness (QED) is 0.623. The number of carbonyl (C=O) groups is 1. The van der Waals surface area contributed by atoms with Crippen molar-refractivity contribution in [2.24, 2.45) is 5.10 Å². The monoisotopic (exact) mass is 245 g/mol. The van der Waals surface area contributed by atoms with Crippen molar-refractivity contribution in [1.29, 1.82) is 10.5 Å². The fourth-order valence-corrected chi connectivity index (χ4v) is 1.07.